The maximum atomic E-state index is 12.7. The van der Waals surface area contributed by atoms with Crippen LogP contribution in [0, 0.1) is 5.82 Å². The molecule has 0 fully saturated rings. The lowest BCUT2D eigenvalue weighted by Gasteiger charge is -2.09. The molecule has 0 radical (unpaired) electrons. The zero-order valence-corrected chi connectivity index (χ0v) is 10.8. The van der Waals surface area contributed by atoms with Crippen LogP contribution in [0.5, 0.6) is 0 Å². The van der Waals surface area contributed by atoms with Gasteiger partial charge in [-0.25, -0.2) is 12.8 Å². The monoisotopic (exact) mass is 280 g/mol. The third kappa shape index (κ3) is 3.69. The van der Waals surface area contributed by atoms with E-state index in [1.807, 2.05) is 0 Å². The Labute approximate surface area is 111 Å². The third-order valence-corrected chi connectivity index (χ3v) is 3.76. The van der Waals surface area contributed by atoms with Gasteiger partial charge in [0.05, 0.1) is 5.75 Å². The zero-order chi connectivity index (χ0) is 13.9. The fraction of sp³-hybridized carbons (Fsp3) is 0.0769. The number of nitrogens with one attached hydrogen (secondary N) is 1. The van der Waals surface area contributed by atoms with Gasteiger partial charge in [-0.15, -0.1) is 0 Å². The van der Waals surface area contributed by atoms with Crippen molar-refractivity contribution in [1.29, 1.82) is 0 Å². The van der Waals surface area contributed by atoms with Gasteiger partial charge in [0.1, 0.15) is 5.82 Å². The van der Waals surface area contributed by atoms with Crippen LogP contribution in [0.15, 0.2) is 48.5 Å². The minimum Gasteiger partial charge on any atom is -0.398 e. The summed E-state index contributed by atoms with van der Waals surface area (Å²) in [5, 5.41) is 0. The summed E-state index contributed by atoms with van der Waals surface area (Å²) in [6, 6.07) is 11.9. The first-order valence-electron chi connectivity index (χ1n) is 5.56. The number of hydrogen-bond donors (Lipinski definition) is 2. The van der Waals surface area contributed by atoms with Crippen LogP contribution < -0.4 is 10.5 Å². The van der Waals surface area contributed by atoms with Crippen LogP contribution in [0.1, 0.15) is 5.56 Å². The standard InChI is InChI=1S/C13H13FN2O2S/c14-11-5-7-12(8-6-11)16-19(17,18)9-10-3-1-2-4-13(10)15/h1-8,16H,9,15H2. The van der Waals surface area contributed by atoms with Crippen molar-refractivity contribution in [2.75, 3.05) is 10.5 Å². The van der Waals surface area contributed by atoms with E-state index in [0.717, 1.165) is 0 Å². The van der Waals surface area contributed by atoms with Crippen LogP contribution in [0.25, 0.3) is 0 Å². The van der Waals surface area contributed by atoms with Crippen molar-refractivity contribution < 1.29 is 12.8 Å². The van der Waals surface area contributed by atoms with Crippen molar-refractivity contribution in [3.8, 4) is 0 Å². The Balaban J connectivity index is 2.15. The molecule has 19 heavy (non-hydrogen) atoms. The number of sulfonamides is 1. The van der Waals surface area contributed by atoms with E-state index in [2.05, 4.69) is 4.72 Å². The molecule has 0 atom stereocenters. The van der Waals surface area contributed by atoms with E-state index < -0.39 is 15.8 Å². The number of nitrogens with two attached hydrogens (primary N) is 1. The molecule has 0 bridgehead atoms. The summed E-state index contributed by atoms with van der Waals surface area (Å²) >= 11 is 0. The van der Waals surface area contributed by atoms with Crippen molar-refractivity contribution in [3.63, 3.8) is 0 Å². The smallest absolute Gasteiger partial charge is 0.236 e. The summed E-state index contributed by atoms with van der Waals surface area (Å²) in [7, 11) is -3.58. The highest BCUT2D eigenvalue weighted by atomic mass is 32.2. The van der Waals surface area contributed by atoms with Gasteiger partial charge < -0.3 is 5.73 Å². The van der Waals surface area contributed by atoms with Gasteiger partial charge in [0.2, 0.25) is 10.0 Å². The molecule has 0 aliphatic heterocycles. The molecule has 4 nitrogen and oxygen atoms in total. The molecule has 6 heteroatoms. The normalized spacial score (nSPS) is 11.2. The molecule has 100 valence electrons. The van der Waals surface area contributed by atoms with Gasteiger partial charge in [0, 0.05) is 11.4 Å². The molecule has 2 aromatic rings. The molecular weight excluding hydrogens is 267 g/mol. The first-order chi connectivity index (χ1) is 8.96. The Bertz CT molecular complexity index is 669. The second-order valence-corrected chi connectivity index (χ2v) is 5.79. The van der Waals surface area contributed by atoms with Crippen LogP contribution >= 0.6 is 0 Å². The highest BCUT2D eigenvalue weighted by Gasteiger charge is 2.13. The molecule has 0 aliphatic carbocycles. The second kappa shape index (κ2) is 5.27. The average molecular weight is 280 g/mol. The quantitative estimate of drug-likeness (QED) is 0.844. The van der Waals surface area contributed by atoms with Crippen LogP contribution in [0.4, 0.5) is 15.8 Å². The van der Waals surface area contributed by atoms with E-state index >= 15 is 0 Å². The van der Waals surface area contributed by atoms with E-state index in [0.29, 0.717) is 16.9 Å². The SMILES string of the molecule is Nc1ccccc1CS(=O)(=O)Nc1ccc(F)cc1. The molecule has 3 N–H and O–H groups in total. The second-order valence-electron chi connectivity index (χ2n) is 4.07. The third-order valence-electron chi connectivity index (χ3n) is 2.52. The zero-order valence-electron chi connectivity index (χ0n) is 10.0. The Kier molecular flexibility index (Phi) is 3.71. The number of hydrogen-bond acceptors (Lipinski definition) is 3. The van der Waals surface area contributed by atoms with Crippen molar-refractivity contribution >= 4 is 21.4 Å². The molecule has 0 amide bonds. The van der Waals surface area contributed by atoms with Crippen molar-refractivity contribution in [1.82, 2.24) is 0 Å². The lowest BCUT2D eigenvalue weighted by molar-refractivity contribution is 0.600. The Morgan fingerprint density at radius 1 is 1.05 bits per heavy atom. The van der Waals surface area contributed by atoms with E-state index in [1.54, 1.807) is 24.3 Å². The van der Waals surface area contributed by atoms with Gasteiger partial charge >= 0.3 is 0 Å². The molecule has 0 heterocycles. The van der Waals surface area contributed by atoms with Crippen LogP contribution in [0.3, 0.4) is 0 Å². The topological polar surface area (TPSA) is 72.2 Å². The maximum absolute atomic E-state index is 12.7. The minimum absolute atomic E-state index is 0.225. The largest absolute Gasteiger partial charge is 0.398 e. The summed E-state index contributed by atoms with van der Waals surface area (Å²) < 4.78 is 39.0. The highest BCUT2D eigenvalue weighted by molar-refractivity contribution is 7.91. The fourth-order valence-corrected chi connectivity index (χ4v) is 2.84. The molecule has 0 spiro atoms. The van der Waals surface area contributed by atoms with Crippen molar-refractivity contribution in [2.24, 2.45) is 0 Å². The van der Waals surface area contributed by atoms with Gasteiger partial charge in [-0.1, -0.05) is 18.2 Å². The molecule has 0 aliphatic rings. The van der Waals surface area contributed by atoms with Crippen molar-refractivity contribution in [2.45, 2.75) is 5.75 Å². The lowest BCUT2D eigenvalue weighted by Crippen LogP contribution is -2.15. The van der Waals surface area contributed by atoms with Gasteiger partial charge in [0.15, 0.2) is 0 Å². The Morgan fingerprint density at radius 2 is 1.68 bits per heavy atom. The summed E-state index contributed by atoms with van der Waals surface area (Å²) in [5.74, 6) is -0.646. The summed E-state index contributed by atoms with van der Waals surface area (Å²) in [4.78, 5) is 0. The van der Waals surface area contributed by atoms with Gasteiger partial charge in [-0.05, 0) is 35.9 Å². The Hall–Kier alpha value is -2.08. The predicted octanol–water partition coefficient (Wildman–Crippen LogP) is 2.35. The summed E-state index contributed by atoms with van der Waals surface area (Å²) in [6.07, 6.45) is 0. The number of halogens is 1. The van der Waals surface area contributed by atoms with Crippen LogP contribution in [0.2, 0.25) is 0 Å². The molecule has 2 rings (SSSR count). The molecular formula is C13H13FN2O2S. The number of benzene rings is 2. The van der Waals surface area contributed by atoms with Gasteiger partial charge in [0.25, 0.3) is 0 Å². The Morgan fingerprint density at radius 3 is 2.32 bits per heavy atom. The number of rotatable bonds is 4. The van der Waals surface area contributed by atoms with Gasteiger partial charge in [-0.2, -0.15) is 0 Å². The average Bonchev–Trinajstić information content (AvgIpc) is 2.35. The highest BCUT2D eigenvalue weighted by Crippen LogP contribution is 2.17. The first kappa shape index (κ1) is 13.4. The fourth-order valence-electron chi connectivity index (χ4n) is 1.60. The van der Waals surface area contributed by atoms with E-state index in [4.69, 9.17) is 5.73 Å². The van der Waals surface area contributed by atoms with Crippen LogP contribution in [-0.2, 0) is 15.8 Å². The van der Waals surface area contributed by atoms with E-state index in [1.165, 1.54) is 24.3 Å². The molecule has 0 aromatic heterocycles. The number of para-hydroxylation sites is 1. The number of nitrogen functional groups attached to an aromatic ring is 1. The van der Waals surface area contributed by atoms with Gasteiger partial charge in [-0.3, -0.25) is 4.72 Å². The maximum Gasteiger partial charge on any atom is 0.236 e. The predicted molar refractivity (Wildman–Crippen MR) is 73.5 cm³/mol. The first-order valence-corrected chi connectivity index (χ1v) is 7.21. The molecule has 0 saturated carbocycles. The van der Waals surface area contributed by atoms with E-state index in [9.17, 15) is 12.8 Å². The minimum atomic E-state index is -3.58. The van der Waals surface area contributed by atoms with Crippen molar-refractivity contribution in [3.05, 3.63) is 59.9 Å². The van der Waals surface area contributed by atoms with Crippen LogP contribution in [-0.4, -0.2) is 8.42 Å². The molecule has 2 aromatic carbocycles. The number of anilines is 2. The summed E-state index contributed by atoms with van der Waals surface area (Å²) in [6.45, 7) is 0. The summed E-state index contributed by atoms with van der Waals surface area (Å²) in [5.41, 5.74) is 6.96. The molecule has 0 saturated heterocycles. The molecule has 0 unspecified atom stereocenters. The lowest BCUT2D eigenvalue weighted by atomic mass is 10.2. The van der Waals surface area contributed by atoms with E-state index in [-0.39, 0.29) is 5.75 Å².